The maximum absolute atomic E-state index is 11.8. The Bertz CT molecular complexity index is 562. The largest absolute Gasteiger partial charge is 0.350 e. The van der Waals surface area contributed by atoms with Crippen LogP contribution in [0, 0.1) is 5.92 Å². The Kier molecular flexibility index (Phi) is 5.50. The fourth-order valence-corrected chi connectivity index (χ4v) is 2.08. The summed E-state index contributed by atoms with van der Waals surface area (Å²) in [6.45, 7) is 5.28. The summed E-state index contributed by atoms with van der Waals surface area (Å²) in [5.74, 6) is 0.539. The highest BCUT2D eigenvalue weighted by molar-refractivity contribution is 5.74. The summed E-state index contributed by atoms with van der Waals surface area (Å²) in [5, 5.41) is 2.93. The van der Waals surface area contributed by atoms with Gasteiger partial charge in [0, 0.05) is 18.7 Å². The molecule has 1 heterocycles. The van der Waals surface area contributed by atoms with E-state index in [4.69, 9.17) is 0 Å². The van der Waals surface area contributed by atoms with Crippen LogP contribution in [-0.2, 0) is 17.8 Å². The Morgan fingerprint density at radius 1 is 1.05 bits per heavy atom. The summed E-state index contributed by atoms with van der Waals surface area (Å²) >= 11 is 0. The molecule has 0 saturated heterocycles. The van der Waals surface area contributed by atoms with Crippen LogP contribution < -0.4 is 9.88 Å². The van der Waals surface area contributed by atoms with Gasteiger partial charge in [0.1, 0.15) is 0 Å². The monoisotopic (exact) mass is 283 g/mol. The molecule has 0 saturated carbocycles. The Labute approximate surface area is 126 Å². The SMILES string of the molecule is CC(C)CNC(=O)C[n+]1ccc(Cc2ccccc2)cc1. The third-order valence-corrected chi connectivity index (χ3v) is 3.24. The molecule has 0 radical (unpaired) electrons. The molecular formula is C18H23N2O+. The van der Waals surface area contributed by atoms with E-state index in [-0.39, 0.29) is 5.91 Å². The van der Waals surface area contributed by atoms with Crippen LogP contribution in [-0.4, -0.2) is 12.5 Å². The van der Waals surface area contributed by atoms with Crippen molar-refractivity contribution in [2.75, 3.05) is 6.54 Å². The average Bonchev–Trinajstić information content (AvgIpc) is 2.48. The number of aromatic nitrogens is 1. The molecule has 0 aliphatic rings. The minimum Gasteiger partial charge on any atom is -0.350 e. The molecule has 3 nitrogen and oxygen atoms in total. The summed E-state index contributed by atoms with van der Waals surface area (Å²) in [4.78, 5) is 11.8. The Morgan fingerprint density at radius 3 is 2.29 bits per heavy atom. The lowest BCUT2D eigenvalue weighted by atomic mass is 10.1. The maximum atomic E-state index is 11.8. The molecule has 0 spiro atoms. The molecule has 0 bridgehead atoms. The standard InChI is InChI=1S/C18H22N2O/c1-15(2)13-19-18(21)14-20-10-8-17(9-11-20)12-16-6-4-3-5-7-16/h3-11,15H,12-14H2,1-2H3/p+1. The van der Waals surface area contributed by atoms with Gasteiger partial charge in [-0.15, -0.1) is 0 Å². The van der Waals surface area contributed by atoms with Crippen molar-refractivity contribution in [2.45, 2.75) is 26.8 Å². The maximum Gasteiger partial charge on any atom is 0.285 e. The zero-order valence-electron chi connectivity index (χ0n) is 12.8. The molecular weight excluding hydrogens is 260 g/mol. The third-order valence-electron chi connectivity index (χ3n) is 3.24. The predicted molar refractivity (Wildman–Crippen MR) is 83.7 cm³/mol. The topological polar surface area (TPSA) is 33.0 Å². The average molecular weight is 283 g/mol. The van der Waals surface area contributed by atoms with Crippen LogP contribution in [0.15, 0.2) is 54.9 Å². The van der Waals surface area contributed by atoms with Gasteiger partial charge in [0.25, 0.3) is 5.91 Å². The van der Waals surface area contributed by atoms with Gasteiger partial charge >= 0.3 is 0 Å². The van der Waals surface area contributed by atoms with Gasteiger partial charge in [-0.3, -0.25) is 4.79 Å². The highest BCUT2D eigenvalue weighted by atomic mass is 16.1. The van der Waals surface area contributed by atoms with Gasteiger partial charge in [-0.1, -0.05) is 44.2 Å². The van der Waals surface area contributed by atoms with Crippen LogP contribution >= 0.6 is 0 Å². The number of amides is 1. The van der Waals surface area contributed by atoms with Gasteiger partial charge in [0.2, 0.25) is 6.54 Å². The molecule has 1 aromatic carbocycles. The predicted octanol–water partition coefficient (Wildman–Crippen LogP) is 2.34. The Morgan fingerprint density at radius 2 is 1.67 bits per heavy atom. The number of rotatable bonds is 6. The summed E-state index contributed by atoms with van der Waals surface area (Å²) in [5.41, 5.74) is 2.55. The van der Waals surface area contributed by atoms with Gasteiger partial charge in [-0.05, 0) is 23.5 Å². The van der Waals surface area contributed by atoms with E-state index in [0.29, 0.717) is 12.5 Å². The molecule has 1 aromatic heterocycles. The van der Waals surface area contributed by atoms with Crippen molar-refractivity contribution >= 4 is 5.91 Å². The van der Waals surface area contributed by atoms with Crippen LogP contribution in [0.5, 0.6) is 0 Å². The first-order valence-corrected chi connectivity index (χ1v) is 7.42. The van der Waals surface area contributed by atoms with Crippen LogP contribution in [0.4, 0.5) is 0 Å². The number of nitrogens with one attached hydrogen (secondary N) is 1. The Hall–Kier alpha value is -2.16. The van der Waals surface area contributed by atoms with E-state index in [1.54, 1.807) is 0 Å². The van der Waals surface area contributed by atoms with E-state index < -0.39 is 0 Å². The van der Waals surface area contributed by atoms with Crippen LogP contribution in [0.2, 0.25) is 0 Å². The van der Waals surface area contributed by atoms with Gasteiger partial charge in [0.05, 0.1) is 0 Å². The lowest BCUT2D eigenvalue weighted by Gasteiger charge is -2.05. The first-order chi connectivity index (χ1) is 10.1. The molecule has 2 rings (SSSR count). The van der Waals surface area contributed by atoms with Gasteiger partial charge in [0.15, 0.2) is 12.4 Å². The lowest BCUT2D eigenvalue weighted by Crippen LogP contribution is -2.43. The normalized spacial score (nSPS) is 10.6. The highest BCUT2D eigenvalue weighted by Gasteiger charge is 2.09. The molecule has 21 heavy (non-hydrogen) atoms. The van der Waals surface area contributed by atoms with Crippen molar-refractivity contribution in [2.24, 2.45) is 5.92 Å². The minimum absolute atomic E-state index is 0.0597. The smallest absolute Gasteiger partial charge is 0.285 e. The summed E-state index contributed by atoms with van der Waals surface area (Å²) in [6.07, 6.45) is 4.85. The number of carbonyl (C=O) groups excluding carboxylic acids is 1. The number of benzene rings is 1. The summed E-state index contributed by atoms with van der Waals surface area (Å²) in [6, 6.07) is 14.5. The first kappa shape index (κ1) is 15.2. The van der Waals surface area contributed by atoms with Crippen molar-refractivity contribution in [1.82, 2.24) is 5.32 Å². The zero-order chi connectivity index (χ0) is 15.1. The number of hydrogen-bond acceptors (Lipinski definition) is 1. The van der Waals surface area contributed by atoms with E-state index in [2.05, 4.69) is 55.6 Å². The fourth-order valence-electron chi connectivity index (χ4n) is 2.08. The quantitative estimate of drug-likeness (QED) is 0.811. The van der Waals surface area contributed by atoms with Crippen molar-refractivity contribution in [3.63, 3.8) is 0 Å². The molecule has 1 amide bonds. The van der Waals surface area contributed by atoms with Crippen molar-refractivity contribution in [3.05, 3.63) is 66.0 Å². The second kappa shape index (κ2) is 7.58. The first-order valence-electron chi connectivity index (χ1n) is 7.42. The summed E-state index contributed by atoms with van der Waals surface area (Å²) in [7, 11) is 0. The van der Waals surface area contributed by atoms with Gasteiger partial charge < -0.3 is 5.32 Å². The van der Waals surface area contributed by atoms with Gasteiger partial charge in [-0.25, -0.2) is 0 Å². The van der Waals surface area contributed by atoms with Crippen molar-refractivity contribution in [3.8, 4) is 0 Å². The second-order valence-electron chi connectivity index (χ2n) is 5.74. The number of nitrogens with zero attached hydrogens (tertiary/aromatic N) is 1. The zero-order valence-corrected chi connectivity index (χ0v) is 12.8. The molecule has 3 heteroatoms. The van der Waals surface area contributed by atoms with Crippen LogP contribution in [0.25, 0.3) is 0 Å². The Balaban J connectivity index is 1.88. The van der Waals surface area contributed by atoms with E-state index in [9.17, 15) is 4.79 Å². The fraction of sp³-hybridized carbons (Fsp3) is 0.333. The van der Waals surface area contributed by atoms with Crippen molar-refractivity contribution < 1.29 is 9.36 Å². The summed E-state index contributed by atoms with van der Waals surface area (Å²) < 4.78 is 1.91. The number of hydrogen-bond donors (Lipinski definition) is 1. The number of carbonyl (C=O) groups is 1. The molecule has 1 N–H and O–H groups in total. The van der Waals surface area contributed by atoms with E-state index in [0.717, 1.165) is 13.0 Å². The molecule has 2 aromatic rings. The highest BCUT2D eigenvalue weighted by Crippen LogP contribution is 2.07. The van der Waals surface area contributed by atoms with Crippen LogP contribution in [0.1, 0.15) is 25.0 Å². The van der Waals surface area contributed by atoms with E-state index >= 15 is 0 Å². The second-order valence-corrected chi connectivity index (χ2v) is 5.74. The molecule has 0 fully saturated rings. The lowest BCUT2D eigenvalue weighted by molar-refractivity contribution is -0.684. The molecule has 0 atom stereocenters. The van der Waals surface area contributed by atoms with Crippen LogP contribution in [0.3, 0.4) is 0 Å². The molecule has 0 aliphatic heterocycles. The van der Waals surface area contributed by atoms with E-state index in [1.807, 2.05) is 23.0 Å². The third kappa shape index (κ3) is 5.38. The van der Waals surface area contributed by atoms with Gasteiger partial charge in [-0.2, -0.15) is 4.57 Å². The molecule has 0 unspecified atom stereocenters. The van der Waals surface area contributed by atoms with Crippen molar-refractivity contribution in [1.29, 1.82) is 0 Å². The molecule has 110 valence electrons. The van der Waals surface area contributed by atoms with E-state index in [1.165, 1.54) is 11.1 Å². The minimum atomic E-state index is 0.0597. The number of pyridine rings is 1. The molecule has 0 aliphatic carbocycles.